The van der Waals surface area contributed by atoms with Crippen molar-refractivity contribution in [3.05, 3.63) is 30.5 Å². The normalized spacial score (nSPS) is 10.7. The van der Waals surface area contributed by atoms with Crippen LogP contribution in [0.4, 0.5) is 0 Å². The molecule has 0 spiro atoms. The highest BCUT2D eigenvalue weighted by molar-refractivity contribution is 8.01. The Labute approximate surface area is 92.3 Å². The van der Waals surface area contributed by atoms with Gasteiger partial charge in [0.1, 0.15) is 0 Å². The van der Waals surface area contributed by atoms with Crippen molar-refractivity contribution in [1.82, 2.24) is 4.98 Å². The summed E-state index contributed by atoms with van der Waals surface area (Å²) in [4.78, 5) is 7.01. The lowest BCUT2D eigenvalue weighted by Gasteiger charge is -2.07. The topological polar surface area (TPSA) is 12.9 Å². The van der Waals surface area contributed by atoms with E-state index in [4.69, 9.17) is 0 Å². The number of aromatic nitrogens is 1. The van der Waals surface area contributed by atoms with E-state index in [1.807, 2.05) is 12.3 Å². The summed E-state index contributed by atoms with van der Waals surface area (Å²) in [6.45, 7) is 0. The summed E-state index contributed by atoms with van der Waals surface area (Å²) in [7, 11) is 0. The maximum atomic E-state index is 4.34. The van der Waals surface area contributed by atoms with Crippen LogP contribution >= 0.6 is 23.5 Å². The molecule has 1 aromatic heterocycles. The molecule has 0 aliphatic carbocycles. The van der Waals surface area contributed by atoms with Gasteiger partial charge in [-0.15, -0.1) is 23.5 Å². The average molecular weight is 221 g/mol. The second-order valence-corrected chi connectivity index (χ2v) is 4.54. The number of hydrogen-bond acceptors (Lipinski definition) is 3. The summed E-state index contributed by atoms with van der Waals surface area (Å²) in [5, 5.41) is 1.26. The molecule has 0 unspecified atom stereocenters. The van der Waals surface area contributed by atoms with Gasteiger partial charge < -0.3 is 0 Å². The number of pyridine rings is 1. The molecule has 3 heteroatoms. The predicted octanol–water partition coefficient (Wildman–Crippen LogP) is 3.68. The van der Waals surface area contributed by atoms with Gasteiger partial charge in [0.15, 0.2) is 0 Å². The van der Waals surface area contributed by atoms with Gasteiger partial charge in [0, 0.05) is 21.4 Å². The molecule has 0 fully saturated rings. The molecule has 1 aromatic carbocycles. The van der Waals surface area contributed by atoms with E-state index in [1.165, 1.54) is 15.2 Å². The molecule has 0 saturated heterocycles. The van der Waals surface area contributed by atoms with E-state index in [1.54, 1.807) is 23.5 Å². The lowest BCUT2D eigenvalue weighted by atomic mass is 10.2. The van der Waals surface area contributed by atoms with Crippen LogP contribution in [0, 0.1) is 0 Å². The Morgan fingerprint density at radius 3 is 2.64 bits per heavy atom. The van der Waals surface area contributed by atoms with Crippen molar-refractivity contribution >= 4 is 34.4 Å². The third-order valence-corrected chi connectivity index (χ3v) is 3.88. The lowest BCUT2D eigenvalue weighted by Crippen LogP contribution is -1.83. The van der Waals surface area contributed by atoms with Crippen LogP contribution in [0.25, 0.3) is 10.9 Å². The monoisotopic (exact) mass is 221 g/mol. The predicted molar refractivity (Wildman–Crippen MR) is 65.3 cm³/mol. The molecular weight excluding hydrogens is 210 g/mol. The molecule has 0 radical (unpaired) electrons. The fraction of sp³-hybridized carbons (Fsp3) is 0.182. The quantitative estimate of drug-likeness (QED) is 0.718. The van der Waals surface area contributed by atoms with Gasteiger partial charge in [-0.2, -0.15) is 0 Å². The first-order valence-electron chi connectivity index (χ1n) is 4.32. The van der Waals surface area contributed by atoms with Crippen LogP contribution in [-0.4, -0.2) is 17.5 Å². The van der Waals surface area contributed by atoms with E-state index in [0.29, 0.717) is 0 Å². The van der Waals surface area contributed by atoms with Crippen LogP contribution in [0.3, 0.4) is 0 Å². The highest BCUT2D eigenvalue weighted by Gasteiger charge is 2.05. The van der Waals surface area contributed by atoms with Gasteiger partial charge in [0.2, 0.25) is 0 Å². The van der Waals surface area contributed by atoms with Crippen molar-refractivity contribution in [3.63, 3.8) is 0 Å². The van der Waals surface area contributed by atoms with Crippen LogP contribution in [0.5, 0.6) is 0 Å². The first-order valence-corrected chi connectivity index (χ1v) is 6.77. The Balaban J connectivity index is 2.77. The van der Waals surface area contributed by atoms with E-state index >= 15 is 0 Å². The standard InChI is InChI=1S/C11H11NS2/c1-13-10-6-5-9-8(11(10)14-2)4-3-7-12-9/h3-7H,1-2H3. The van der Waals surface area contributed by atoms with Gasteiger partial charge in [0.05, 0.1) is 5.52 Å². The van der Waals surface area contributed by atoms with Crippen molar-refractivity contribution in [1.29, 1.82) is 0 Å². The molecule has 0 N–H and O–H groups in total. The van der Waals surface area contributed by atoms with E-state index in [-0.39, 0.29) is 0 Å². The third kappa shape index (κ3) is 1.62. The van der Waals surface area contributed by atoms with Gasteiger partial charge in [-0.1, -0.05) is 6.07 Å². The van der Waals surface area contributed by atoms with E-state index in [9.17, 15) is 0 Å². The molecule has 1 nitrogen and oxygen atoms in total. The number of fused-ring (bicyclic) bond motifs is 1. The number of nitrogens with zero attached hydrogens (tertiary/aromatic N) is 1. The Hall–Kier alpha value is -0.670. The Morgan fingerprint density at radius 1 is 1.07 bits per heavy atom. The molecule has 0 aliphatic rings. The molecule has 0 aliphatic heterocycles. The van der Waals surface area contributed by atoms with Gasteiger partial charge in [-0.25, -0.2) is 0 Å². The maximum Gasteiger partial charge on any atom is 0.0714 e. The minimum atomic E-state index is 1.08. The largest absolute Gasteiger partial charge is 0.256 e. The second-order valence-electron chi connectivity index (χ2n) is 2.87. The van der Waals surface area contributed by atoms with Crippen LogP contribution in [0.15, 0.2) is 40.3 Å². The first kappa shape index (κ1) is 9.87. The molecule has 2 rings (SSSR count). The zero-order chi connectivity index (χ0) is 9.97. The zero-order valence-electron chi connectivity index (χ0n) is 8.15. The first-order chi connectivity index (χ1) is 6.86. The van der Waals surface area contributed by atoms with Crippen molar-refractivity contribution in [2.75, 3.05) is 12.5 Å². The number of thioether (sulfide) groups is 2. The summed E-state index contributed by atoms with van der Waals surface area (Å²) >= 11 is 3.57. The van der Waals surface area contributed by atoms with Crippen molar-refractivity contribution < 1.29 is 0 Å². The van der Waals surface area contributed by atoms with Crippen LogP contribution < -0.4 is 0 Å². The van der Waals surface area contributed by atoms with E-state index in [2.05, 4.69) is 35.7 Å². The minimum absolute atomic E-state index is 1.08. The lowest BCUT2D eigenvalue weighted by molar-refractivity contribution is 1.28. The highest BCUT2D eigenvalue weighted by atomic mass is 32.2. The Bertz CT molecular complexity index is 454. The fourth-order valence-corrected chi connectivity index (χ4v) is 3.14. The third-order valence-electron chi connectivity index (χ3n) is 2.12. The highest BCUT2D eigenvalue weighted by Crippen LogP contribution is 2.33. The van der Waals surface area contributed by atoms with Crippen LogP contribution in [-0.2, 0) is 0 Å². The zero-order valence-corrected chi connectivity index (χ0v) is 9.78. The molecule has 0 bridgehead atoms. The van der Waals surface area contributed by atoms with Crippen molar-refractivity contribution in [2.24, 2.45) is 0 Å². The Kier molecular flexibility index (Phi) is 2.99. The molecule has 72 valence electrons. The minimum Gasteiger partial charge on any atom is -0.256 e. The summed E-state index contributed by atoms with van der Waals surface area (Å²) in [6, 6.07) is 8.35. The second kappa shape index (κ2) is 4.24. The van der Waals surface area contributed by atoms with Gasteiger partial charge >= 0.3 is 0 Å². The summed E-state index contributed by atoms with van der Waals surface area (Å²) in [5.74, 6) is 0. The fourth-order valence-electron chi connectivity index (χ4n) is 1.48. The maximum absolute atomic E-state index is 4.34. The average Bonchev–Trinajstić information content (AvgIpc) is 2.27. The molecule has 0 amide bonds. The molecular formula is C11H11NS2. The molecule has 14 heavy (non-hydrogen) atoms. The molecule has 0 atom stereocenters. The van der Waals surface area contributed by atoms with E-state index in [0.717, 1.165) is 5.52 Å². The van der Waals surface area contributed by atoms with Crippen molar-refractivity contribution in [3.8, 4) is 0 Å². The van der Waals surface area contributed by atoms with E-state index < -0.39 is 0 Å². The smallest absolute Gasteiger partial charge is 0.0714 e. The molecule has 0 saturated carbocycles. The number of hydrogen-bond donors (Lipinski definition) is 0. The van der Waals surface area contributed by atoms with Gasteiger partial charge in [-0.05, 0) is 30.7 Å². The SMILES string of the molecule is CSc1ccc2ncccc2c1SC. The molecule has 2 aromatic rings. The Morgan fingerprint density at radius 2 is 1.93 bits per heavy atom. The van der Waals surface area contributed by atoms with Gasteiger partial charge in [-0.3, -0.25) is 4.98 Å². The number of benzene rings is 1. The summed E-state index contributed by atoms with van der Waals surface area (Å²) in [6.07, 6.45) is 6.06. The van der Waals surface area contributed by atoms with Crippen LogP contribution in [0.1, 0.15) is 0 Å². The number of rotatable bonds is 2. The summed E-state index contributed by atoms with van der Waals surface area (Å²) < 4.78 is 0. The van der Waals surface area contributed by atoms with Gasteiger partial charge in [0.25, 0.3) is 0 Å². The van der Waals surface area contributed by atoms with Crippen molar-refractivity contribution in [2.45, 2.75) is 9.79 Å². The summed E-state index contributed by atoms with van der Waals surface area (Å²) in [5.41, 5.74) is 1.08. The van der Waals surface area contributed by atoms with Crippen LogP contribution in [0.2, 0.25) is 0 Å². The molecule has 1 heterocycles.